The summed E-state index contributed by atoms with van der Waals surface area (Å²) in [6, 6.07) is 6.11. The zero-order valence-electron chi connectivity index (χ0n) is 20.9. The van der Waals surface area contributed by atoms with E-state index in [2.05, 4.69) is 43.2 Å². The largest absolute Gasteiger partial charge is 0.463 e. The Morgan fingerprint density at radius 2 is 1.83 bits per heavy atom. The molecule has 0 fully saturated rings. The molecule has 9 nitrogen and oxygen atoms in total. The van der Waals surface area contributed by atoms with Crippen LogP contribution in [-0.4, -0.2) is 48.2 Å². The van der Waals surface area contributed by atoms with E-state index in [1.54, 1.807) is 18.4 Å². The number of hydrogen-bond donors (Lipinski definition) is 0. The van der Waals surface area contributed by atoms with Gasteiger partial charge >= 0.3 is 11.9 Å². The Bertz CT molecular complexity index is 1080. The lowest BCUT2D eigenvalue weighted by Gasteiger charge is -2.31. The average Bonchev–Trinajstić information content (AvgIpc) is 3.25. The molecule has 2 aromatic rings. The van der Waals surface area contributed by atoms with Crippen LogP contribution >= 0.6 is 0 Å². The average molecular weight is 485 g/mol. The van der Waals surface area contributed by atoms with Crippen molar-refractivity contribution in [3.05, 3.63) is 52.8 Å². The first kappa shape index (κ1) is 26.2. The maximum absolute atomic E-state index is 11.3. The second-order valence-electron chi connectivity index (χ2n) is 8.63. The monoisotopic (exact) mass is 484 g/mol. The van der Waals surface area contributed by atoms with Gasteiger partial charge in [-0.1, -0.05) is 34.1 Å². The van der Waals surface area contributed by atoms with Gasteiger partial charge in [0.05, 0.1) is 6.10 Å². The van der Waals surface area contributed by atoms with Crippen molar-refractivity contribution >= 4 is 18.2 Å². The first-order valence-electron chi connectivity index (χ1n) is 11.5. The molecule has 0 bridgehead atoms. The highest BCUT2D eigenvalue weighted by molar-refractivity contribution is 5.68. The summed E-state index contributed by atoms with van der Waals surface area (Å²) in [6.07, 6.45) is 3.50. The van der Waals surface area contributed by atoms with Crippen LogP contribution in [0.2, 0.25) is 0 Å². The number of ether oxygens (including phenoxy) is 3. The van der Waals surface area contributed by atoms with Gasteiger partial charge in [-0.3, -0.25) is 9.59 Å². The lowest BCUT2D eigenvalue weighted by Crippen LogP contribution is -2.41. The van der Waals surface area contributed by atoms with Crippen LogP contribution in [0, 0.1) is 20.8 Å². The fourth-order valence-electron chi connectivity index (χ4n) is 4.00. The van der Waals surface area contributed by atoms with E-state index in [1.807, 2.05) is 13.0 Å². The zero-order chi connectivity index (χ0) is 25.5. The number of aryl methyl sites for hydroxylation is 3. The Balaban J connectivity index is 1.56. The molecule has 0 saturated carbocycles. The summed E-state index contributed by atoms with van der Waals surface area (Å²) in [5, 5.41) is 8.26. The van der Waals surface area contributed by atoms with Gasteiger partial charge in [-0.15, -0.1) is 0 Å². The highest BCUT2D eigenvalue weighted by Crippen LogP contribution is 2.30. The number of carbonyl (C=O) groups excluding carboxylic acids is 2. The van der Waals surface area contributed by atoms with Gasteiger partial charge in [-0.2, -0.15) is 0 Å². The normalized spacial score (nSPS) is 20.6. The predicted octanol–water partition coefficient (Wildman–Crippen LogP) is 4.54. The van der Waals surface area contributed by atoms with E-state index in [-0.39, 0.29) is 12.7 Å². The van der Waals surface area contributed by atoms with E-state index < -0.39 is 30.3 Å². The van der Waals surface area contributed by atoms with Gasteiger partial charge in [-0.05, 0) is 44.9 Å². The van der Waals surface area contributed by atoms with Crippen molar-refractivity contribution in [2.24, 2.45) is 5.16 Å². The van der Waals surface area contributed by atoms with E-state index in [4.69, 9.17) is 23.6 Å². The summed E-state index contributed by atoms with van der Waals surface area (Å²) in [5.41, 5.74) is 5.29. The molecule has 2 heterocycles. The molecule has 0 unspecified atom stereocenters. The molecule has 3 rings (SSSR count). The standard InChI is InChI=1S/C26H32N2O7/c1-15-11-16(2)26(17(3)12-15)22-13-24(35-28-22)18(4)34-27-10-9-21-7-8-23(32-20(6)30)25(33-21)14-31-19(5)29/h7-8,10-13,18,21,23,25H,9,14H2,1-6H3/b27-10+/t18-,21-,23-,25+/m0/s1. The first-order valence-corrected chi connectivity index (χ1v) is 11.5. The van der Waals surface area contributed by atoms with Crippen molar-refractivity contribution in [3.8, 4) is 11.3 Å². The van der Waals surface area contributed by atoms with Crippen LogP contribution < -0.4 is 0 Å². The molecule has 9 heteroatoms. The quantitative estimate of drug-likeness (QED) is 0.221. The van der Waals surface area contributed by atoms with E-state index in [0.29, 0.717) is 12.2 Å². The highest BCUT2D eigenvalue weighted by atomic mass is 16.6. The molecule has 0 amide bonds. The minimum Gasteiger partial charge on any atom is -0.463 e. The number of aromatic nitrogens is 1. The Labute approximate surface area is 205 Å². The summed E-state index contributed by atoms with van der Waals surface area (Å²) in [6.45, 7) is 10.6. The van der Waals surface area contributed by atoms with Crippen molar-refractivity contribution in [2.45, 2.75) is 72.4 Å². The van der Waals surface area contributed by atoms with Crippen molar-refractivity contribution in [1.29, 1.82) is 0 Å². The third-order valence-electron chi connectivity index (χ3n) is 5.48. The molecule has 1 aliphatic rings. The third-order valence-corrected chi connectivity index (χ3v) is 5.48. The SMILES string of the molecule is CC(=O)OC[C@H]1O[C@H](C/C=N/O[C@@H](C)c2cc(-c3c(C)cc(C)cc3C)no2)C=C[C@@H]1OC(C)=O. The molecule has 4 atom stereocenters. The van der Waals surface area contributed by atoms with E-state index in [1.165, 1.54) is 19.4 Å². The van der Waals surface area contributed by atoms with Gasteiger partial charge in [-0.25, -0.2) is 0 Å². The summed E-state index contributed by atoms with van der Waals surface area (Å²) in [4.78, 5) is 28.0. The molecule has 1 aliphatic heterocycles. The molecular formula is C26H32N2O7. The smallest absolute Gasteiger partial charge is 0.303 e. The lowest BCUT2D eigenvalue weighted by atomic mass is 9.97. The second-order valence-corrected chi connectivity index (χ2v) is 8.63. The molecule has 0 radical (unpaired) electrons. The molecule has 0 spiro atoms. The maximum Gasteiger partial charge on any atom is 0.303 e. The van der Waals surface area contributed by atoms with Crippen LogP contribution in [0.25, 0.3) is 11.3 Å². The Morgan fingerprint density at radius 3 is 2.49 bits per heavy atom. The number of hydrogen-bond acceptors (Lipinski definition) is 9. The van der Waals surface area contributed by atoms with E-state index in [0.717, 1.165) is 22.4 Å². The minimum absolute atomic E-state index is 0.0213. The molecule has 1 aromatic carbocycles. The zero-order valence-corrected chi connectivity index (χ0v) is 20.9. The van der Waals surface area contributed by atoms with Crippen LogP contribution in [0.1, 0.15) is 55.7 Å². The molecule has 0 aliphatic carbocycles. The number of oxime groups is 1. The predicted molar refractivity (Wildman–Crippen MR) is 129 cm³/mol. The number of esters is 2. The first-order chi connectivity index (χ1) is 16.6. The molecule has 1 aromatic heterocycles. The summed E-state index contributed by atoms with van der Waals surface area (Å²) in [5.74, 6) is -0.314. The summed E-state index contributed by atoms with van der Waals surface area (Å²) < 4.78 is 21.7. The highest BCUT2D eigenvalue weighted by Gasteiger charge is 2.30. The lowest BCUT2D eigenvalue weighted by molar-refractivity contribution is -0.163. The number of nitrogens with zero attached hydrogens (tertiary/aromatic N) is 2. The van der Waals surface area contributed by atoms with Crippen molar-refractivity contribution < 1.29 is 33.2 Å². The molecule has 0 N–H and O–H groups in total. The van der Waals surface area contributed by atoms with Crippen LogP contribution in [0.15, 0.2) is 40.0 Å². The minimum atomic E-state index is -0.627. The van der Waals surface area contributed by atoms with E-state index in [9.17, 15) is 9.59 Å². The van der Waals surface area contributed by atoms with Gasteiger partial charge in [0, 0.05) is 38.1 Å². The third kappa shape index (κ3) is 7.26. The van der Waals surface area contributed by atoms with Gasteiger partial charge in [0.1, 0.15) is 24.5 Å². The van der Waals surface area contributed by atoms with Crippen LogP contribution in [0.4, 0.5) is 0 Å². The summed E-state index contributed by atoms with van der Waals surface area (Å²) >= 11 is 0. The Hall–Kier alpha value is -3.46. The molecule has 0 saturated heterocycles. The van der Waals surface area contributed by atoms with Crippen molar-refractivity contribution in [3.63, 3.8) is 0 Å². The molecule has 35 heavy (non-hydrogen) atoms. The van der Waals surface area contributed by atoms with Gasteiger partial charge in [0.25, 0.3) is 0 Å². The second kappa shape index (κ2) is 11.8. The van der Waals surface area contributed by atoms with Gasteiger partial charge in [0.15, 0.2) is 11.9 Å². The van der Waals surface area contributed by atoms with Crippen LogP contribution in [0.3, 0.4) is 0 Å². The molecule has 188 valence electrons. The van der Waals surface area contributed by atoms with E-state index >= 15 is 0 Å². The number of benzene rings is 1. The van der Waals surface area contributed by atoms with Crippen LogP contribution in [0.5, 0.6) is 0 Å². The number of carbonyl (C=O) groups is 2. The number of rotatable bonds is 9. The van der Waals surface area contributed by atoms with Crippen LogP contribution in [-0.2, 0) is 28.6 Å². The Morgan fingerprint density at radius 1 is 1.11 bits per heavy atom. The summed E-state index contributed by atoms with van der Waals surface area (Å²) in [7, 11) is 0. The van der Waals surface area contributed by atoms with Crippen molar-refractivity contribution in [2.75, 3.05) is 6.61 Å². The maximum atomic E-state index is 11.3. The topological polar surface area (TPSA) is 109 Å². The van der Waals surface area contributed by atoms with Crippen molar-refractivity contribution in [1.82, 2.24) is 5.16 Å². The van der Waals surface area contributed by atoms with Gasteiger partial charge < -0.3 is 23.6 Å². The van der Waals surface area contributed by atoms with Gasteiger partial charge in [0.2, 0.25) is 0 Å². The fourth-order valence-corrected chi connectivity index (χ4v) is 4.00. The Kier molecular flexibility index (Phi) is 8.81. The molecular weight excluding hydrogens is 452 g/mol. The fraction of sp³-hybridized carbons (Fsp3) is 0.462.